The molecule has 0 fully saturated rings. The van der Waals surface area contributed by atoms with Crippen LogP contribution in [0.3, 0.4) is 0 Å². The number of aliphatic hydroxyl groups excluding tert-OH is 2. The maximum Gasteiger partial charge on any atom is 0.200 e. The van der Waals surface area contributed by atoms with Crippen molar-refractivity contribution in [2.45, 2.75) is 51.4 Å². The summed E-state index contributed by atoms with van der Waals surface area (Å²) in [6.45, 7) is -0.338. The molecule has 0 aliphatic rings. The van der Waals surface area contributed by atoms with Crippen molar-refractivity contribution in [2.24, 2.45) is 11.8 Å². The van der Waals surface area contributed by atoms with E-state index in [0.29, 0.717) is 41.5 Å². The topological polar surface area (TPSA) is 243 Å². The number of aryl methyl sites for hydroxylation is 2. The number of benzene rings is 4. The molecular formula is C36H42O12. The van der Waals surface area contributed by atoms with Crippen LogP contribution in [0, 0.1) is 11.8 Å². The summed E-state index contributed by atoms with van der Waals surface area (Å²) in [6, 6.07) is 11.1. The number of hydrogen-bond donors (Lipinski definition) is 12. The lowest BCUT2D eigenvalue weighted by Crippen LogP contribution is -2.24. The average Bonchev–Trinajstić information content (AvgIpc) is 3.02. The molecule has 48 heavy (non-hydrogen) atoms. The van der Waals surface area contributed by atoms with Gasteiger partial charge in [-0.05, 0) is 134 Å². The van der Waals surface area contributed by atoms with Crippen LogP contribution in [0.25, 0.3) is 0 Å². The van der Waals surface area contributed by atoms with Crippen LogP contribution in [0.15, 0.2) is 48.5 Å². The molecule has 4 aromatic carbocycles. The Labute approximate surface area is 277 Å². The van der Waals surface area contributed by atoms with Crippen molar-refractivity contribution >= 4 is 0 Å². The first-order valence-corrected chi connectivity index (χ1v) is 15.6. The van der Waals surface area contributed by atoms with Gasteiger partial charge in [-0.1, -0.05) is 0 Å². The summed E-state index contributed by atoms with van der Waals surface area (Å²) in [5.74, 6) is -4.53. The first kappa shape index (κ1) is 35.7. The standard InChI is InChI=1S/C36H42O12/c37-7-1-2-23(8-21-14-27(39)25(28(40)15-21)5-3-19-10-31(43)35(47)32(44)11-19)24(18-38)9-22-16-29(41)26(30(42)17-22)6-4-20-12-33(45)36(48)34(46)13-20/h10-17,23-24,37-48H,1-9,18H2/t23-,24+/m0/s1. The van der Waals surface area contributed by atoms with Crippen LogP contribution in [0.2, 0.25) is 0 Å². The van der Waals surface area contributed by atoms with Crippen molar-refractivity contribution in [3.63, 3.8) is 0 Å². The molecule has 0 saturated heterocycles. The average molecular weight is 667 g/mol. The number of phenols is 10. The molecule has 4 aromatic rings. The molecule has 12 N–H and O–H groups in total. The Morgan fingerprint density at radius 1 is 0.396 bits per heavy atom. The van der Waals surface area contributed by atoms with Crippen LogP contribution in [0.5, 0.6) is 57.5 Å². The quantitative estimate of drug-likeness (QED) is 0.0803. The van der Waals surface area contributed by atoms with E-state index in [4.69, 9.17) is 0 Å². The lowest BCUT2D eigenvalue weighted by Gasteiger charge is -2.27. The molecule has 0 radical (unpaired) electrons. The van der Waals surface area contributed by atoms with Gasteiger partial charge in [-0.15, -0.1) is 0 Å². The van der Waals surface area contributed by atoms with Crippen LogP contribution in [-0.2, 0) is 38.5 Å². The Morgan fingerprint density at radius 3 is 1.06 bits per heavy atom. The van der Waals surface area contributed by atoms with Gasteiger partial charge in [-0.25, -0.2) is 0 Å². The van der Waals surface area contributed by atoms with Crippen molar-refractivity contribution in [1.29, 1.82) is 0 Å². The SMILES string of the molecule is OCCC[C@@H](Cc1cc(O)c(CCc2cc(O)c(O)c(O)c2)c(O)c1)[C@@H](CO)Cc1cc(O)c(CCc2cc(O)c(O)c(O)c2)c(O)c1. The summed E-state index contributed by atoms with van der Waals surface area (Å²) in [5, 5.41) is 121. The Kier molecular flexibility index (Phi) is 11.6. The third-order valence-electron chi connectivity index (χ3n) is 8.74. The van der Waals surface area contributed by atoms with Gasteiger partial charge in [0.25, 0.3) is 0 Å². The van der Waals surface area contributed by atoms with Gasteiger partial charge in [0.05, 0.1) is 0 Å². The van der Waals surface area contributed by atoms with E-state index < -0.39 is 34.5 Å². The first-order chi connectivity index (χ1) is 22.8. The molecule has 0 saturated carbocycles. The number of aromatic hydroxyl groups is 10. The molecule has 0 aliphatic carbocycles. The van der Waals surface area contributed by atoms with Crippen molar-refractivity contribution in [2.75, 3.05) is 13.2 Å². The van der Waals surface area contributed by atoms with Crippen LogP contribution >= 0.6 is 0 Å². The fraction of sp³-hybridized carbons (Fsp3) is 0.333. The minimum atomic E-state index is -0.637. The van der Waals surface area contributed by atoms with E-state index in [9.17, 15) is 61.3 Å². The number of phenolic OH excluding ortho intramolecular Hbond substituents is 10. The van der Waals surface area contributed by atoms with E-state index in [1.165, 1.54) is 48.5 Å². The molecule has 0 aliphatic heterocycles. The first-order valence-electron chi connectivity index (χ1n) is 15.6. The summed E-state index contributed by atoms with van der Waals surface area (Å²) in [5.41, 5.74) is 2.58. The maximum absolute atomic E-state index is 10.8. The molecule has 0 heterocycles. The zero-order valence-electron chi connectivity index (χ0n) is 26.2. The summed E-state index contributed by atoms with van der Waals surface area (Å²) in [7, 11) is 0. The van der Waals surface area contributed by atoms with E-state index in [2.05, 4.69) is 0 Å². The molecule has 4 rings (SSSR count). The van der Waals surface area contributed by atoms with E-state index in [-0.39, 0.29) is 91.3 Å². The number of hydrogen-bond acceptors (Lipinski definition) is 12. The normalized spacial score (nSPS) is 12.6. The van der Waals surface area contributed by atoms with Gasteiger partial charge in [0.2, 0.25) is 0 Å². The smallest absolute Gasteiger partial charge is 0.200 e. The molecule has 258 valence electrons. The second-order valence-corrected chi connectivity index (χ2v) is 12.2. The second kappa shape index (κ2) is 15.6. The minimum Gasteiger partial charge on any atom is -0.508 e. The van der Waals surface area contributed by atoms with E-state index in [1.54, 1.807) is 0 Å². The van der Waals surface area contributed by atoms with Gasteiger partial charge in [-0.3, -0.25) is 0 Å². The molecule has 12 heteroatoms. The Hall–Kier alpha value is -5.20. The summed E-state index contributed by atoms with van der Waals surface area (Å²) in [4.78, 5) is 0. The second-order valence-electron chi connectivity index (χ2n) is 12.2. The lowest BCUT2D eigenvalue weighted by molar-refractivity contribution is 0.158. The van der Waals surface area contributed by atoms with Gasteiger partial charge in [0.15, 0.2) is 34.5 Å². The Bertz CT molecular complexity index is 1640. The maximum atomic E-state index is 10.8. The fourth-order valence-electron chi connectivity index (χ4n) is 6.14. The molecule has 2 atom stereocenters. The van der Waals surface area contributed by atoms with Crippen LogP contribution in [0.4, 0.5) is 0 Å². The molecule has 0 amide bonds. The predicted octanol–water partition coefficient (Wildman–Crippen LogP) is 4.10. The van der Waals surface area contributed by atoms with Crippen LogP contribution in [0.1, 0.15) is 46.2 Å². The highest BCUT2D eigenvalue weighted by Crippen LogP contribution is 2.39. The van der Waals surface area contributed by atoms with Crippen molar-refractivity contribution in [1.82, 2.24) is 0 Å². The molecule has 12 nitrogen and oxygen atoms in total. The minimum absolute atomic E-state index is 0.0840. The highest BCUT2D eigenvalue weighted by molar-refractivity contribution is 5.53. The van der Waals surface area contributed by atoms with Crippen LogP contribution < -0.4 is 0 Å². The van der Waals surface area contributed by atoms with E-state index >= 15 is 0 Å². The molecular weight excluding hydrogens is 624 g/mol. The monoisotopic (exact) mass is 666 g/mol. The zero-order valence-corrected chi connectivity index (χ0v) is 26.2. The zero-order chi connectivity index (χ0) is 35.1. The van der Waals surface area contributed by atoms with Crippen molar-refractivity contribution < 1.29 is 61.3 Å². The van der Waals surface area contributed by atoms with Gasteiger partial charge in [0.1, 0.15) is 23.0 Å². The Balaban J connectivity index is 1.47. The lowest BCUT2D eigenvalue weighted by atomic mass is 9.80. The number of rotatable bonds is 15. The summed E-state index contributed by atoms with van der Waals surface area (Å²) >= 11 is 0. The predicted molar refractivity (Wildman–Crippen MR) is 175 cm³/mol. The Morgan fingerprint density at radius 2 is 0.729 bits per heavy atom. The van der Waals surface area contributed by atoms with Gasteiger partial charge in [-0.2, -0.15) is 0 Å². The summed E-state index contributed by atoms with van der Waals surface area (Å²) in [6.07, 6.45) is 2.31. The number of aliphatic hydroxyl groups is 2. The molecule has 0 aromatic heterocycles. The highest BCUT2D eigenvalue weighted by atomic mass is 16.3. The molecule has 0 unspecified atom stereocenters. The van der Waals surface area contributed by atoms with E-state index in [1.807, 2.05) is 0 Å². The third-order valence-corrected chi connectivity index (χ3v) is 8.74. The van der Waals surface area contributed by atoms with Gasteiger partial charge < -0.3 is 61.3 Å². The molecule has 0 bridgehead atoms. The third kappa shape index (κ3) is 8.58. The van der Waals surface area contributed by atoms with Crippen LogP contribution in [-0.4, -0.2) is 74.5 Å². The van der Waals surface area contributed by atoms with Gasteiger partial charge in [0, 0.05) is 24.3 Å². The fourth-order valence-corrected chi connectivity index (χ4v) is 6.14. The van der Waals surface area contributed by atoms with E-state index in [0.717, 1.165) is 0 Å². The highest BCUT2D eigenvalue weighted by Gasteiger charge is 2.24. The summed E-state index contributed by atoms with van der Waals surface area (Å²) < 4.78 is 0. The van der Waals surface area contributed by atoms with Gasteiger partial charge >= 0.3 is 0 Å². The molecule has 0 spiro atoms. The largest absolute Gasteiger partial charge is 0.508 e. The van der Waals surface area contributed by atoms with Crippen molar-refractivity contribution in [3.8, 4) is 57.5 Å². The van der Waals surface area contributed by atoms with Crippen molar-refractivity contribution in [3.05, 3.63) is 81.9 Å².